The van der Waals surface area contributed by atoms with E-state index in [-0.39, 0.29) is 18.2 Å². The number of nitrogens with zero attached hydrogens (tertiary/aromatic N) is 1. The molecule has 1 aliphatic rings. The molecule has 1 fully saturated rings. The van der Waals surface area contributed by atoms with Crippen LogP contribution in [0.1, 0.15) is 47.0 Å². The lowest BCUT2D eigenvalue weighted by Gasteiger charge is -2.49. The van der Waals surface area contributed by atoms with Crippen molar-refractivity contribution in [2.24, 2.45) is 5.92 Å². The predicted octanol–water partition coefficient (Wildman–Crippen LogP) is 3.40. The Bertz CT molecular complexity index is 306. The van der Waals surface area contributed by atoms with Crippen LogP contribution < -0.4 is 5.32 Å². The highest BCUT2D eigenvalue weighted by molar-refractivity contribution is 4.97. The van der Waals surface area contributed by atoms with E-state index in [1.54, 1.807) is 0 Å². The van der Waals surface area contributed by atoms with Crippen molar-refractivity contribution in [3.8, 4) is 0 Å². The zero-order chi connectivity index (χ0) is 16.1. The Kier molecular flexibility index (Phi) is 6.94. The van der Waals surface area contributed by atoms with E-state index < -0.39 is 6.36 Å². The number of piperazine rings is 1. The maximum Gasteiger partial charge on any atom is 0.522 e. The molecular weight excluding hydrogens is 281 g/mol. The van der Waals surface area contributed by atoms with Crippen LogP contribution in [0, 0.1) is 5.92 Å². The summed E-state index contributed by atoms with van der Waals surface area (Å²) in [5, 5.41) is 3.63. The molecule has 0 bridgehead atoms. The van der Waals surface area contributed by atoms with Gasteiger partial charge in [0.05, 0.1) is 6.61 Å². The third-order valence-corrected chi connectivity index (χ3v) is 4.96. The van der Waals surface area contributed by atoms with Crippen LogP contribution in [-0.2, 0) is 4.74 Å². The highest BCUT2D eigenvalue weighted by Crippen LogP contribution is 2.27. The summed E-state index contributed by atoms with van der Waals surface area (Å²) in [6, 6.07) is 0.276. The number of hydrogen-bond donors (Lipinski definition) is 1. The van der Waals surface area contributed by atoms with Gasteiger partial charge in [-0.3, -0.25) is 9.64 Å². The molecule has 0 spiro atoms. The minimum atomic E-state index is -4.54. The van der Waals surface area contributed by atoms with Gasteiger partial charge in [-0.1, -0.05) is 34.1 Å². The van der Waals surface area contributed by atoms with Crippen molar-refractivity contribution in [2.75, 3.05) is 26.2 Å². The van der Waals surface area contributed by atoms with Gasteiger partial charge in [-0.25, -0.2) is 0 Å². The minimum absolute atomic E-state index is 0.0161. The number of rotatable bonds is 7. The maximum atomic E-state index is 12.2. The second kappa shape index (κ2) is 7.79. The third kappa shape index (κ3) is 5.42. The van der Waals surface area contributed by atoms with Crippen LogP contribution >= 0.6 is 0 Å². The normalized spacial score (nSPS) is 25.0. The molecule has 0 aromatic heterocycles. The standard InChI is InChI=1S/C15H29F3N2O/c1-5-12(4)13-10-19-14(6-2,7-3)11-20(13)8-9-21-15(16,17)18/h12-13,19H,5-11H2,1-4H3. The Morgan fingerprint density at radius 2 is 1.90 bits per heavy atom. The van der Waals surface area contributed by atoms with Crippen molar-refractivity contribution in [3.05, 3.63) is 0 Å². The first-order valence-corrected chi connectivity index (χ1v) is 7.96. The van der Waals surface area contributed by atoms with Crippen molar-refractivity contribution in [1.82, 2.24) is 10.2 Å². The Morgan fingerprint density at radius 3 is 2.38 bits per heavy atom. The molecule has 2 atom stereocenters. The van der Waals surface area contributed by atoms with Gasteiger partial charge in [0.15, 0.2) is 0 Å². The molecule has 126 valence electrons. The van der Waals surface area contributed by atoms with Crippen LogP contribution in [0.2, 0.25) is 0 Å². The van der Waals surface area contributed by atoms with Gasteiger partial charge in [-0.15, -0.1) is 13.2 Å². The summed E-state index contributed by atoms with van der Waals surface area (Å²) < 4.78 is 40.5. The van der Waals surface area contributed by atoms with Gasteiger partial charge in [-0.2, -0.15) is 0 Å². The van der Waals surface area contributed by atoms with Crippen LogP contribution in [0.3, 0.4) is 0 Å². The van der Waals surface area contributed by atoms with Crippen LogP contribution in [-0.4, -0.2) is 49.1 Å². The lowest BCUT2D eigenvalue weighted by atomic mass is 9.85. The molecule has 1 N–H and O–H groups in total. The molecule has 1 rings (SSSR count). The third-order valence-electron chi connectivity index (χ3n) is 4.96. The number of hydrogen-bond acceptors (Lipinski definition) is 3. The molecule has 21 heavy (non-hydrogen) atoms. The molecule has 3 nitrogen and oxygen atoms in total. The number of alkyl halides is 3. The quantitative estimate of drug-likeness (QED) is 0.780. The van der Waals surface area contributed by atoms with E-state index in [1.165, 1.54) is 0 Å². The zero-order valence-corrected chi connectivity index (χ0v) is 13.6. The predicted molar refractivity (Wildman–Crippen MR) is 78.1 cm³/mol. The molecule has 0 radical (unpaired) electrons. The monoisotopic (exact) mass is 310 g/mol. The molecule has 0 aromatic carbocycles. The smallest absolute Gasteiger partial charge is 0.308 e. The number of nitrogens with one attached hydrogen (secondary N) is 1. The Balaban J connectivity index is 2.69. The van der Waals surface area contributed by atoms with Gasteiger partial charge in [-0.05, 0) is 18.8 Å². The van der Waals surface area contributed by atoms with Crippen molar-refractivity contribution in [2.45, 2.75) is 64.9 Å². The summed E-state index contributed by atoms with van der Waals surface area (Å²) in [7, 11) is 0. The van der Waals surface area contributed by atoms with Gasteiger partial charge >= 0.3 is 6.36 Å². The molecule has 0 aliphatic carbocycles. The lowest BCUT2D eigenvalue weighted by Crippen LogP contribution is -2.65. The maximum absolute atomic E-state index is 12.2. The van der Waals surface area contributed by atoms with Gasteiger partial charge in [0.25, 0.3) is 0 Å². The van der Waals surface area contributed by atoms with E-state index in [0.29, 0.717) is 12.5 Å². The molecule has 1 saturated heterocycles. The van der Waals surface area contributed by atoms with E-state index in [9.17, 15) is 13.2 Å². The molecule has 0 aromatic rings. The topological polar surface area (TPSA) is 24.5 Å². The molecule has 6 heteroatoms. The Morgan fingerprint density at radius 1 is 1.29 bits per heavy atom. The average molecular weight is 310 g/mol. The van der Waals surface area contributed by atoms with Crippen LogP contribution in [0.15, 0.2) is 0 Å². The van der Waals surface area contributed by atoms with E-state index in [4.69, 9.17) is 0 Å². The minimum Gasteiger partial charge on any atom is -0.308 e. The molecule has 2 unspecified atom stereocenters. The van der Waals surface area contributed by atoms with Gasteiger partial charge in [0.1, 0.15) is 0 Å². The molecule has 0 saturated carbocycles. The van der Waals surface area contributed by atoms with Crippen molar-refractivity contribution < 1.29 is 17.9 Å². The summed E-state index contributed by atoms with van der Waals surface area (Å²) in [4.78, 5) is 2.18. The Labute approximate surface area is 126 Å². The van der Waals surface area contributed by atoms with E-state index in [2.05, 4.69) is 42.6 Å². The second-order valence-corrected chi connectivity index (χ2v) is 6.09. The Hall–Kier alpha value is -0.330. The largest absolute Gasteiger partial charge is 0.522 e. The lowest BCUT2D eigenvalue weighted by molar-refractivity contribution is -0.325. The van der Waals surface area contributed by atoms with Crippen molar-refractivity contribution in [1.29, 1.82) is 0 Å². The van der Waals surface area contributed by atoms with Gasteiger partial charge in [0.2, 0.25) is 0 Å². The highest BCUT2D eigenvalue weighted by Gasteiger charge is 2.38. The van der Waals surface area contributed by atoms with Crippen LogP contribution in [0.4, 0.5) is 13.2 Å². The fourth-order valence-corrected chi connectivity index (χ4v) is 3.09. The first kappa shape index (κ1) is 18.7. The SMILES string of the molecule is CCC(C)C1CNC(CC)(CC)CN1CCOC(F)(F)F. The van der Waals surface area contributed by atoms with Gasteiger partial charge < -0.3 is 5.32 Å². The van der Waals surface area contributed by atoms with Crippen LogP contribution in [0.25, 0.3) is 0 Å². The molecular formula is C15H29F3N2O. The summed E-state index contributed by atoms with van der Waals surface area (Å²) in [6.45, 7) is 10.2. The first-order chi connectivity index (χ1) is 9.77. The summed E-state index contributed by atoms with van der Waals surface area (Å²) in [5.41, 5.74) is 0.0161. The zero-order valence-electron chi connectivity index (χ0n) is 13.6. The average Bonchev–Trinajstić information content (AvgIpc) is 2.45. The van der Waals surface area contributed by atoms with E-state index in [0.717, 1.165) is 32.4 Å². The second-order valence-electron chi connectivity index (χ2n) is 6.09. The molecule has 1 aliphatic heterocycles. The van der Waals surface area contributed by atoms with Crippen LogP contribution in [0.5, 0.6) is 0 Å². The molecule has 1 heterocycles. The van der Waals surface area contributed by atoms with E-state index in [1.807, 2.05) is 0 Å². The number of ether oxygens (including phenoxy) is 1. The summed E-state index contributed by atoms with van der Waals surface area (Å²) >= 11 is 0. The molecule has 0 amide bonds. The fraction of sp³-hybridized carbons (Fsp3) is 1.00. The summed E-state index contributed by atoms with van der Waals surface area (Å²) in [6.07, 6.45) is -1.55. The van der Waals surface area contributed by atoms with Gasteiger partial charge in [0, 0.05) is 31.2 Å². The first-order valence-electron chi connectivity index (χ1n) is 7.96. The van der Waals surface area contributed by atoms with Crippen molar-refractivity contribution in [3.63, 3.8) is 0 Å². The van der Waals surface area contributed by atoms with E-state index >= 15 is 0 Å². The fourth-order valence-electron chi connectivity index (χ4n) is 3.09. The number of halogens is 3. The van der Waals surface area contributed by atoms with Crippen molar-refractivity contribution >= 4 is 0 Å². The summed E-state index contributed by atoms with van der Waals surface area (Å²) in [5.74, 6) is 0.454. The highest BCUT2D eigenvalue weighted by atomic mass is 19.4.